The van der Waals surface area contributed by atoms with Crippen molar-refractivity contribution in [2.75, 3.05) is 0 Å². The monoisotopic (exact) mass is 194 g/mol. The van der Waals surface area contributed by atoms with E-state index in [-0.39, 0.29) is 5.23 Å². The molecule has 0 aromatic rings. The number of nitrogens with zero attached hydrogens (tertiary/aromatic N) is 1. The molecular weight excluding hydrogens is 188 g/mol. The second-order valence-corrected chi connectivity index (χ2v) is 1.59. The van der Waals surface area contributed by atoms with Gasteiger partial charge in [-0.2, -0.15) is 0 Å². The average molecular weight is 194 g/mol. The molecule has 0 aliphatic rings. The van der Waals surface area contributed by atoms with Crippen LogP contribution in [0.2, 0.25) is 0 Å². The standard InChI is InChI=1S/C3H6N4O6/c8-1(9)4-7(5-2(10)11)6-3(12)13/h4-6H,(H,8,9)(H,10,11)(H,12,13). The predicted octanol–water partition coefficient (Wildman–Crippen LogP) is -1.16. The van der Waals surface area contributed by atoms with Gasteiger partial charge in [0.25, 0.3) is 0 Å². The number of nitrogens with one attached hydrogen (secondary N) is 3. The molecule has 0 radical (unpaired) electrons. The molecule has 6 N–H and O–H groups in total. The summed E-state index contributed by atoms with van der Waals surface area (Å²) in [6.45, 7) is 0. The van der Waals surface area contributed by atoms with Crippen molar-refractivity contribution in [3.8, 4) is 0 Å². The van der Waals surface area contributed by atoms with E-state index in [0.717, 1.165) is 0 Å². The molecule has 0 aliphatic carbocycles. The normalized spacial score (nSPS) is 9.00. The van der Waals surface area contributed by atoms with Crippen LogP contribution in [0.15, 0.2) is 0 Å². The molecule has 0 unspecified atom stereocenters. The van der Waals surface area contributed by atoms with Gasteiger partial charge in [0.1, 0.15) is 0 Å². The largest absolute Gasteiger partial charge is 0.464 e. The van der Waals surface area contributed by atoms with E-state index < -0.39 is 18.3 Å². The summed E-state index contributed by atoms with van der Waals surface area (Å²) < 4.78 is 0. The highest BCUT2D eigenvalue weighted by Gasteiger charge is 2.12. The summed E-state index contributed by atoms with van der Waals surface area (Å²) in [7, 11) is 0. The first-order chi connectivity index (χ1) is 5.91. The Morgan fingerprint density at radius 3 is 1.15 bits per heavy atom. The second kappa shape index (κ2) is 4.61. The Morgan fingerprint density at radius 1 is 0.769 bits per heavy atom. The van der Waals surface area contributed by atoms with Crippen LogP contribution in [0.4, 0.5) is 14.4 Å². The average Bonchev–Trinajstić information content (AvgIpc) is 1.80. The molecule has 0 heterocycles. The van der Waals surface area contributed by atoms with Gasteiger partial charge in [0.2, 0.25) is 0 Å². The van der Waals surface area contributed by atoms with Crippen LogP contribution < -0.4 is 16.3 Å². The van der Waals surface area contributed by atoms with Crippen molar-refractivity contribution in [2.45, 2.75) is 0 Å². The summed E-state index contributed by atoms with van der Waals surface area (Å²) in [4.78, 5) is 29.9. The Hall–Kier alpha value is -2.23. The molecule has 0 saturated heterocycles. The second-order valence-electron chi connectivity index (χ2n) is 1.59. The van der Waals surface area contributed by atoms with Crippen LogP contribution in [-0.2, 0) is 0 Å². The number of carbonyl (C=O) groups is 3. The number of hydrazine groups is 3. The zero-order chi connectivity index (χ0) is 10.4. The van der Waals surface area contributed by atoms with E-state index in [1.165, 1.54) is 16.3 Å². The third-order valence-corrected chi connectivity index (χ3v) is 0.622. The van der Waals surface area contributed by atoms with Gasteiger partial charge < -0.3 is 15.3 Å². The van der Waals surface area contributed by atoms with Gasteiger partial charge >= 0.3 is 18.3 Å². The van der Waals surface area contributed by atoms with Gasteiger partial charge in [0, 0.05) is 0 Å². The van der Waals surface area contributed by atoms with Crippen molar-refractivity contribution < 1.29 is 29.7 Å². The van der Waals surface area contributed by atoms with Gasteiger partial charge in [-0.1, -0.05) is 0 Å². The van der Waals surface area contributed by atoms with E-state index in [4.69, 9.17) is 15.3 Å². The van der Waals surface area contributed by atoms with E-state index >= 15 is 0 Å². The highest BCUT2D eigenvalue weighted by molar-refractivity contribution is 5.68. The molecule has 3 amide bonds. The van der Waals surface area contributed by atoms with E-state index in [2.05, 4.69) is 0 Å². The lowest BCUT2D eigenvalue weighted by molar-refractivity contribution is 0.0496. The smallest absolute Gasteiger partial charge is 0.422 e. The molecule has 0 aliphatic heterocycles. The summed E-state index contributed by atoms with van der Waals surface area (Å²) in [5.74, 6) is 0. The number of hydrogen-bond acceptors (Lipinski definition) is 4. The Morgan fingerprint density at radius 2 is 1.00 bits per heavy atom. The lowest BCUT2D eigenvalue weighted by Crippen LogP contribution is -2.60. The zero-order valence-electron chi connectivity index (χ0n) is 6.01. The Kier molecular flexibility index (Phi) is 3.82. The summed E-state index contributed by atoms with van der Waals surface area (Å²) >= 11 is 0. The molecule has 0 bridgehead atoms. The lowest BCUT2D eigenvalue weighted by Gasteiger charge is -2.18. The maximum Gasteiger partial charge on any atom is 0.422 e. The van der Waals surface area contributed by atoms with Crippen LogP contribution in [-0.4, -0.2) is 38.8 Å². The highest BCUT2D eigenvalue weighted by atomic mass is 16.4. The van der Waals surface area contributed by atoms with Crippen molar-refractivity contribution in [3.63, 3.8) is 0 Å². The molecule has 0 aromatic heterocycles. The number of rotatable bonds is 3. The van der Waals surface area contributed by atoms with Crippen LogP contribution in [0.1, 0.15) is 0 Å². The van der Waals surface area contributed by atoms with E-state index in [1.54, 1.807) is 0 Å². The van der Waals surface area contributed by atoms with Crippen molar-refractivity contribution in [2.24, 2.45) is 0 Å². The van der Waals surface area contributed by atoms with Gasteiger partial charge in [0.05, 0.1) is 0 Å². The predicted molar refractivity (Wildman–Crippen MR) is 35.3 cm³/mol. The fourth-order valence-corrected chi connectivity index (χ4v) is 0.371. The first-order valence-corrected chi connectivity index (χ1v) is 2.70. The molecule has 10 nitrogen and oxygen atoms in total. The van der Waals surface area contributed by atoms with Crippen LogP contribution in [0.3, 0.4) is 0 Å². The van der Waals surface area contributed by atoms with E-state index in [0.29, 0.717) is 0 Å². The molecule has 13 heavy (non-hydrogen) atoms. The van der Waals surface area contributed by atoms with Crippen LogP contribution in [0.5, 0.6) is 0 Å². The molecule has 0 rings (SSSR count). The highest BCUT2D eigenvalue weighted by Crippen LogP contribution is 1.71. The number of hydrogen-bond donors (Lipinski definition) is 6. The maximum atomic E-state index is 9.95. The van der Waals surface area contributed by atoms with Gasteiger partial charge in [0.15, 0.2) is 0 Å². The lowest BCUT2D eigenvalue weighted by atomic mass is 11.1. The molecule has 0 atom stereocenters. The minimum Gasteiger partial charge on any atom is -0.464 e. The summed E-state index contributed by atoms with van der Waals surface area (Å²) in [5.41, 5.74) is 4.23. The van der Waals surface area contributed by atoms with E-state index in [1.807, 2.05) is 0 Å². The quantitative estimate of drug-likeness (QED) is 0.310. The molecule has 0 aromatic carbocycles. The van der Waals surface area contributed by atoms with Gasteiger partial charge in [-0.3, -0.25) is 0 Å². The molecular formula is C3H6N4O6. The SMILES string of the molecule is O=C(O)NN(NC(=O)O)NC(=O)O. The maximum absolute atomic E-state index is 9.95. The van der Waals surface area contributed by atoms with Gasteiger partial charge in [-0.25, -0.2) is 30.7 Å². The summed E-state index contributed by atoms with van der Waals surface area (Å²) in [6, 6.07) is 0. The zero-order valence-corrected chi connectivity index (χ0v) is 6.01. The third-order valence-electron chi connectivity index (χ3n) is 0.622. The first-order valence-electron chi connectivity index (χ1n) is 2.70. The fourth-order valence-electron chi connectivity index (χ4n) is 0.371. The fraction of sp³-hybridized carbons (Fsp3) is 0. The number of carboxylic acid groups (broad SMARTS) is 3. The van der Waals surface area contributed by atoms with Crippen molar-refractivity contribution in [1.29, 1.82) is 0 Å². The van der Waals surface area contributed by atoms with Crippen molar-refractivity contribution >= 4 is 18.3 Å². The van der Waals surface area contributed by atoms with Gasteiger partial charge in [-0.15, -0.1) is 0 Å². The van der Waals surface area contributed by atoms with Crippen molar-refractivity contribution in [3.05, 3.63) is 0 Å². The topological polar surface area (TPSA) is 151 Å². The van der Waals surface area contributed by atoms with Crippen LogP contribution in [0.25, 0.3) is 0 Å². The minimum absolute atomic E-state index is 0.0486. The van der Waals surface area contributed by atoms with E-state index in [9.17, 15) is 14.4 Å². The summed E-state index contributed by atoms with van der Waals surface area (Å²) in [5, 5.41) is 24.3. The van der Waals surface area contributed by atoms with Crippen molar-refractivity contribution in [1.82, 2.24) is 21.5 Å². The Labute approximate surface area is 70.7 Å². The molecule has 0 saturated carbocycles. The van der Waals surface area contributed by atoms with Crippen LogP contribution in [0, 0.1) is 0 Å². The minimum atomic E-state index is -1.64. The molecule has 74 valence electrons. The van der Waals surface area contributed by atoms with Crippen LogP contribution >= 0.6 is 0 Å². The molecule has 10 heteroatoms. The summed E-state index contributed by atoms with van der Waals surface area (Å²) in [6.07, 6.45) is -4.91. The Balaban J connectivity index is 4.10. The third kappa shape index (κ3) is 6.18. The molecule has 0 fully saturated rings. The number of amides is 3. The molecule has 0 spiro atoms. The Bertz CT molecular complexity index is 190. The van der Waals surface area contributed by atoms with Gasteiger partial charge in [-0.05, 0) is 5.23 Å². The first kappa shape index (κ1) is 10.8.